The third-order valence-corrected chi connectivity index (χ3v) is 9.59. The number of nitrogens with zero attached hydrogens (tertiary/aromatic N) is 3. The topological polar surface area (TPSA) is 129 Å². The summed E-state index contributed by atoms with van der Waals surface area (Å²) in [4.78, 5) is 38.7. The molecule has 10 heteroatoms. The summed E-state index contributed by atoms with van der Waals surface area (Å²) < 4.78 is 6.14. The van der Waals surface area contributed by atoms with Gasteiger partial charge in [0.2, 0.25) is 0 Å². The number of imidazole rings is 1. The fourth-order valence-electron chi connectivity index (χ4n) is 6.27. The number of likely N-dealkylation sites (tertiary alicyclic amines) is 1. The van der Waals surface area contributed by atoms with E-state index in [9.17, 15) is 19.8 Å². The number of aliphatic hydroxyl groups excluding tert-OH is 1. The molecule has 4 aromatic rings. The Morgan fingerprint density at radius 1 is 0.909 bits per heavy atom. The molecule has 2 aromatic carbocycles. The monoisotopic (exact) mass is 616 g/mol. The number of ether oxygens (including phenoxy) is 1. The van der Waals surface area contributed by atoms with Crippen molar-refractivity contribution in [3.8, 4) is 28.4 Å². The molecule has 6 rings (SSSR count). The Labute approximate surface area is 261 Å². The van der Waals surface area contributed by atoms with Crippen LogP contribution in [0.4, 0.5) is 0 Å². The van der Waals surface area contributed by atoms with Crippen molar-refractivity contribution in [1.82, 2.24) is 19.9 Å². The molecular weight excluding hydrogens is 580 g/mol. The summed E-state index contributed by atoms with van der Waals surface area (Å²) in [7, 11) is 0. The number of fused-ring (bicyclic) bond motifs is 1. The van der Waals surface area contributed by atoms with Crippen molar-refractivity contribution in [3.05, 3.63) is 65.2 Å². The first-order chi connectivity index (χ1) is 21.1. The number of aliphatic carboxylic acids is 1. The first-order valence-corrected chi connectivity index (χ1v) is 15.6. The molecule has 2 aliphatic rings. The first-order valence-electron chi connectivity index (χ1n) is 15.2. The van der Waals surface area contributed by atoms with Gasteiger partial charge in [-0.3, -0.25) is 9.59 Å². The number of benzene rings is 2. The SMILES string of the molecule is CC(C)(C(=O)O)C1CCC(Oc2nc3nc(-c4ccc(-c5ccc(C(=O)N6CCC(O)CC6)cc5)cc4)c(Cl)cc3[nH]2)CC1. The van der Waals surface area contributed by atoms with Crippen LogP contribution in [0.1, 0.15) is 62.7 Å². The predicted octanol–water partition coefficient (Wildman–Crippen LogP) is 6.59. The van der Waals surface area contributed by atoms with Crippen molar-refractivity contribution in [2.75, 3.05) is 13.1 Å². The van der Waals surface area contributed by atoms with Crippen LogP contribution in [0, 0.1) is 11.3 Å². The maximum absolute atomic E-state index is 12.8. The number of rotatable bonds is 7. The molecule has 0 radical (unpaired) electrons. The van der Waals surface area contributed by atoms with E-state index in [2.05, 4.69) is 9.97 Å². The van der Waals surface area contributed by atoms with Crippen LogP contribution in [0.2, 0.25) is 5.02 Å². The number of halogens is 1. The zero-order valence-corrected chi connectivity index (χ0v) is 25.7. The van der Waals surface area contributed by atoms with Gasteiger partial charge in [0.1, 0.15) is 6.10 Å². The van der Waals surface area contributed by atoms with E-state index in [-0.39, 0.29) is 24.0 Å². The Balaban J connectivity index is 1.12. The van der Waals surface area contributed by atoms with E-state index < -0.39 is 11.4 Å². The number of pyridine rings is 1. The molecule has 2 fully saturated rings. The highest BCUT2D eigenvalue weighted by atomic mass is 35.5. The van der Waals surface area contributed by atoms with Crippen LogP contribution >= 0.6 is 11.6 Å². The normalized spacial score (nSPS) is 19.7. The lowest BCUT2D eigenvalue weighted by molar-refractivity contribution is -0.151. The summed E-state index contributed by atoms with van der Waals surface area (Å²) in [6, 6.07) is 17.7. The number of carboxylic acid groups (broad SMARTS) is 1. The number of aromatic nitrogens is 3. The number of carbonyl (C=O) groups is 2. The van der Waals surface area contributed by atoms with Crippen molar-refractivity contribution in [3.63, 3.8) is 0 Å². The lowest BCUT2D eigenvalue weighted by Gasteiger charge is -2.36. The second kappa shape index (κ2) is 12.2. The third-order valence-electron chi connectivity index (χ3n) is 9.30. The minimum atomic E-state index is -0.758. The molecule has 44 heavy (non-hydrogen) atoms. The molecule has 3 N–H and O–H groups in total. The Kier molecular flexibility index (Phi) is 8.35. The average Bonchev–Trinajstić information content (AvgIpc) is 3.42. The zero-order chi connectivity index (χ0) is 31.0. The minimum Gasteiger partial charge on any atom is -0.481 e. The third kappa shape index (κ3) is 6.16. The van der Waals surface area contributed by atoms with Crippen molar-refractivity contribution >= 4 is 34.6 Å². The number of nitrogens with one attached hydrogen (secondary N) is 1. The first kappa shape index (κ1) is 30.1. The number of aromatic amines is 1. The van der Waals surface area contributed by atoms with E-state index in [1.54, 1.807) is 24.8 Å². The number of H-pyrrole nitrogens is 1. The smallest absolute Gasteiger partial charge is 0.309 e. The van der Waals surface area contributed by atoms with Gasteiger partial charge in [-0.25, -0.2) is 4.98 Å². The highest BCUT2D eigenvalue weighted by Crippen LogP contribution is 2.39. The molecule has 1 aliphatic carbocycles. The van der Waals surface area contributed by atoms with Gasteiger partial charge in [-0.15, -0.1) is 0 Å². The molecule has 1 saturated heterocycles. The van der Waals surface area contributed by atoms with Crippen molar-refractivity contribution in [1.29, 1.82) is 0 Å². The molecule has 0 spiro atoms. The Morgan fingerprint density at radius 3 is 2.11 bits per heavy atom. The van der Waals surface area contributed by atoms with Gasteiger partial charge in [0.05, 0.1) is 27.8 Å². The van der Waals surface area contributed by atoms with Crippen molar-refractivity contribution in [2.24, 2.45) is 11.3 Å². The van der Waals surface area contributed by atoms with Crippen molar-refractivity contribution < 1.29 is 24.5 Å². The van der Waals surface area contributed by atoms with Gasteiger partial charge in [0.25, 0.3) is 11.9 Å². The molecule has 0 bridgehead atoms. The standard InChI is InChI=1S/C34H37ClN4O5/c1-34(2,32(42)43)24-11-13-26(14-12-24)44-33-36-28-19-27(35)29(37-30(28)38-33)22-7-3-20(4-8-22)21-5-9-23(10-6-21)31(41)39-17-15-25(40)16-18-39/h3-10,19,24-26,40H,11-18H2,1-2H3,(H,42,43)(H,36,37,38). The van der Waals surface area contributed by atoms with Crippen LogP contribution in [-0.2, 0) is 4.79 Å². The summed E-state index contributed by atoms with van der Waals surface area (Å²) in [6.45, 7) is 4.75. The second-order valence-corrected chi connectivity index (χ2v) is 12.9. The fourth-order valence-corrected chi connectivity index (χ4v) is 6.53. The van der Waals surface area contributed by atoms with E-state index in [4.69, 9.17) is 21.3 Å². The number of carboxylic acids is 1. The molecule has 1 saturated carbocycles. The van der Waals surface area contributed by atoms with E-state index >= 15 is 0 Å². The highest BCUT2D eigenvalue weighted by Gasteiger charge is 2.39. The van der Waals surface area contributed by atoms with E-state index in [0.29, 0.717) is 59.4 Å². The number of carbonyl (C=O) groups excluding carboxylic acids is 1. The number of amides is 1. The van der Waals surface area contributed by atoms with Gasteiger partial charge < -0.3 is 24.8 Å². The summed E-state index contributed by atoms with van der Waals surface area (Å²) in [6.07, 6.45) is 4.01. The molecule has 1 amide bonds. The molecule has 230 valence electrons. The molecule has 2 aromatic heterocycles. The minimum absolute atomic E-state index is 0.00556. The lowest BCUT2D eigenvalue weighted by Crippen LogP contribution is -2.40. The average molecular weight is 617 g/mol. The van der Waals surface area contributed by atoms with Crippen LogP contribution in [0.25, 0.3) is 33.5 Å². The largest absolute Gasteiger partial charge is 0.481 e. The maximum atomic E-state index is 12.8. The molecule has 0 atom stereocenters. The summed E-state index contributed by atoms with van der Waals surface area (Å²) in [5.41, 5.74) is 4.55. The number of aliphatic hydroxyl groups is 1. The zero-order valence-electron chi connectivity index (χ0n) is 24.9. The molecule has 9 nitrogen and oxygen atoms in total. The van der Waals surface area contributed by atoms with Crippen LogP contribution in [0.3, 0.4) is 0 Å². The van der Waals surface area contributed by atoms with E-state index in [1.165, 1.54) is 0 Å². The molecular formula is C34H37ClN4O5. The van der Waals surface area contributed by atoms with E-state index in [0.717, 1.165) is 42.4 Å². The van der Waals surface area contributed by atoms with Crippen LogP contribution in [0.15, 0.2) is 54.6 Å². The summed E-state index contributed by atoms with van der Waals surface area (Å²) in [5.74, 6) is -0.644. The lowest BCUT2D eigenvalue weighted by atomic mass is 9.70. The Bertz CT molecular complexity index is 1650. The van der Waals surface area contributed by atoms with Gasteiger partial charge in [0.15, 0.2) is 5.65 Å². The molecule has 3 heterocycles. The van der Waals surface area contributed by atoms with Gasteiger partial charge in [-0.05, 0) is 87.6 Å². The molecule has 1 aliphatic heterocycles. The number of piperidine rings is 1. The van der Waals surface area contributed by atoms with E-state index in [1.807, 2.05) is 48.5 Å². The Morgan fingerprint density at radius 2 is 1.50 bits per heavy atom. The number of hydrogen-bond acceptors (Lipinski definition) is 6. The van der Waals surface area contributed by atoms with Crippen LogP contribution < -0.4 is 4.74 Å². The summed E-state index contributed by atoms with van der Waals surface area (Å²) in [5, 5.41) is 19.8. The van der Waals surface area contributed by atoms with Gasteiger partial charge in [0, 0.05) is 24.2 Å². The highest BCUT2D eigenvalue weighted by molar-refractivity contribution is 6.33. The maximum Gasteiger partial charge on any atom is 0.309 e. The van der Waals surface area contributed by atoms with Gasteiger partial charge in [-0.2, -0.15) is 4.98 Å². The predicted molar refractivity (Wildman–Crippen MR) is 169 cm³/mol. The molecule has 0 unspecified atom stereocenters. The second-order valence-electron chi connectivity index (χ2n) is 12.5. The Hall–Kier alpha value is -3.95. The number of hydrogen-bond donors (Lipinski definition) is 3. The quantitative estimate of drug-likeness (QED) is 0.214. The van der Waals surface area contributed by atoms with Crippen molar-refractivity contribution in [2.45, 2.75) is 64.6 Å². The van der Waals surface area contributed by atoms with Crippen LogP contribution in [-0.4, -0.2) is 67.2 Å². The van der Waals surface area contributed by atoms with Gasteiger partial charge >= 0.3 is 5.97 Å². The summed E-state index contributed by atoms with van der Waals surface area (Å²) >= 11 is 6.65. The van der Waals surface area contributed by atoms with Gasteiger partial charge in [-0.1, -0.05) is 48.0 Å². The fraction of sp³-hybridized carbons (Fsp3) is 0.412. The van der Waals surface area contributed by atoms with Crippen LogP contribution in [0.5, 0.6) is 6.01 Å².